The van der Waals surface area contributed by atoms with Gasteiger partial charge in [-0.1, -0.05) is 54.1 Å². The van der Waals surface area contributed by atoms with Crippen LogP contribution in [0.2, 0.25) is 5.02 Å². The largest absolute Gasteiger partial charge is 0.265 e. The number of nitrogens with zero attached hydrogens (tertiary/aromatic N) is 4. The van der Waals surface area contributed by atoms with Crippen LogP contribution in [-0.4, -0.2) is 45.3 Å². The van der Waals surface area contributed by atoms with Crippen LogP contribution < -0.4 is 5.01 Å². The molecule has 0 saturated heterocycles. The number of hydrogen-bond acceptors (Lipinski definition) is 5. The molecule has 0 aliphatic carbocycles. The highest BCUT2D eigenvalue weighted by atomic mass is 35.5. The molecular weight excluding hydrogens is 444 g/mol. The van der Waals surface area contributed by atoms with Crippen LogP contribution in [0.25, 0.3) is 0 Å². The molecule has 0 atom stereocenters. The van der Waals surface area contributed by atoms with Crippen molar-refractivity contribution in [3.8, 4) is 0 Å². The summed E-state index contributed by atoms with van der Waals surface area (Å²) in [6.45, 7) is 0.834. The normalized spacial score (nSPS) is 14.4. The standard InChI is InChI=1S/C24H23ClN4O2S/c1-28(2)32(30,31)21-12-13-22(25)24(16-21)26-17-18-8-10-20(11-9-18)29-15-14-23(27-29)19-6-4-3-5-7-19/h3-13,16-17H,14-15H2,1-2H3. The van der Waals surface area contributed by atoms with E-state index in [9.17, 15) is 8.42 Å². The van der Waals surface area contributed by atoms with Crippen molar-refractivity contribution in [2.45, 2.75) is 11.3 Å². The molecule has 1 aliphatic rings. The fourth-order valence-corrected chi connectivity index (χ4v) is 4.40. The van der Waals surface area contributed by atoms with Crippen molar-refractivity contribution in [1.82, 2.24) is 4.31 Å². The lowest BCUT2D eigenvalue weighted by atomic mass is 10.1. The molecule has 3 aromatic carbocycles. The predicted octanol–water partition coefficient (Wildman–Crippen LogP) is 4.96. The zero-order chi connectivity index (χ0) is 22.7. The number of anilines is 1. The SMILES string of the molecule is CN(C)S(=O)(=O)c1ccc(Cl)c(N=Cc2ccc(N3CCC(c4ccccc4)=N3)cc2)c1. The third-order valence-corrected chi connectivity index (χ3v) is 7.28. The Kier molecular flexibility index (Phi) is 6.41. The summed E-state index contributed by atoms with van der Waals surface area (Å²) in [6.07, 6.45) is 2.57. The molecule has 0 unspecified atom stereocenters. The van der Waals surface area contributed by atoms with E-state index >= 15 is 0 Å². The van der Waals surface area contributed by atoms with Gasteiger partial charge in [-0.05, 0) is 41.5 Å². The van der Waals surface area contributed by atoms with E-state index in [1.54, 1.807) is 12.3 Å². The van der Waals surface area contributed by atoms with E-state index in [0.717, 1.165) is 39.8 Å². The fraction of sp³-hybridized carbons (Fsp3) is 0.167. The first-order valence-electron chi connectivity index (χ1n) is 10.1. The van der Waals surface area contributed by atoms with Gasteiger partial charge < -0.3 is 0 Å². The van der Waals surface area contributed by atoms with Crippen molar-refractivity contribution in [2.75, 3.05) is 25.6 Å². The Morgan fingerprint density at radius 1 is 1.03 bits per heavy atom. The van der Waals surface area contributed by atoms with Gasteiger partial charge in [-0.3, -0.25) is 10.0 Å². The molecule has 1 heterocycles. The van der Waals surface area contributed by atoms with Gasteiger partial charge in [-0.2, -0.15) is 5.10 Å². The van der Waals surface area contributed by atoms with Crippen molar-refractivity contribution in [2.24, 2.45) is 10.1 Å². The lowest BCUT2D eigenvalue weighted by Crippen LogP contribution is -2.22. The maximum atomic E-state index is 12.4. The molecule has 164 valence electrons. The third-order valence-electron chi connectivity index (χ3n) is 5.15. The zero-order valence-electron chi connectivity index (χ0n) is 17.8. The van der Waals surface area contributed by atoms with Gasteiger partial charge in [0.1, 0.15) is 0 Å². The van der Waals surface area contributed by atoms with Crippen molar-refractivity contribution in [1.29, 1.82) is 0 Å². The molecular formula is C24H23ClN4O2S. The Labute approximate surface area is 193 Å². The monoisotopic (exact) mass is 466 g/mol. The molecule has 3 aromatic rings. The first-order chi connectivity index (χ1) is 15.3. The highest BCUT2D eigenvalue weighted by Crippen LogP contribution is 2.29. The maximum absolute atomic E-state index is 12.4. The number of rotatable bonds is 6. The molecule has 0 spiro atoms. The van der Waals surface area contributed by atoms with Crippen LogP contribution in [-0.2, 0) is 10.0 Å². The van der Waals surface area contributed by atoms with Gasteiger partial charge in [-0.15, -0.1) is 0 Å². The van der Waals surface area contributed by atoms with Crippen LogP contribution in [0.1, 0.15) is 17.5 Å². The number of hydrogen-bond donors (Lipinski definition) is 0. The molecule has 0 fully saturated rings. The summed E-state index contributed by atoms with van der Waals surface area (Å²) in [4.78, 5) is 4.56. The van der Waals surface area contributed by atoms with E-state index in [-0.39, 0.29) is 4.90 Å². The lowest BCUT2D eigenvalue weighted by molar-refractivity contribution is 0.521. The number of halogens is 1. The molecule has 4 rings (SSSR count). The quantitative estimate of drug-likeness (QED) is 0.482. The molecule has 0 saturated carbocycles. The highest BCUT2D eigenvalue weighted by Gasteiger charge is 2.19. The topological polar surface area (TPSA) is 65.3 Å². The van der Waals surface area contributed by atoms with Crippen LogP contribution in [0.3, 0.4) is 0 Å². The highest BCUT2D eigenvalue weighted by molar-refractivity contribution is 7.89. The molecule has 32 heavy (non-hydrogen) atoms. The molecule has 0 amide bonds. The Balaban J connectivity index is 1.51. The smallest absolute Gasteiger partial charge is 0.242 e. The van der Waals surface area contributed by atoms with Gasteiger partial charge in [0.05, 0.1) is 27.0 Å². The molecule has 1 aliphatic heterocycles. The fourth-order valence-electron chi connectivity index (χ4n) is 3.32. The lowest BCUT2D eigenvalue weighted by Gasteiger charge is -2.13. The first kappa shape index (κ1) is 22.2. The zero-order valence-corrected chi connectivity index (χ0v) is 19.4. The van der Waals surface area contributed by atoms with E-state index in [1.807, 2.05) is 47.5 Å². The molecule has 8 heteroatoms. The van der Waals surface area contributed by atoms with E-state index in [4.69, 9.17) is 16.7 Å². The van der Waals surface area contributed by atoms with Crippen molar-refractivity contribution < 1.29 is 8.42 Å². The Bertz CT molecular complexity index is 1270. The molecule has 0 bridgehead atoms. The van der Waals surface area contributed by atoms with Gasteiger partial charge >= 0.3 is 0 Å². The molecule has 0 aromatic heterocycles. The number of sulfonamides is 1. The Hall–Kier alpha value is -3.00. The minimum absolute atomic E-state index is 0.149. The summed E-state index contributed by atoms with van der Waals surface area (Å²) in [6, 6.07) is 22.6. The summed E-state index contributed by atoms with van der Waals surface area (Å²) in [5.41, 5.74) is 4.50. The molecule has 0 radical (unpaired) electrons. The van der Waals surface area contributed by atoms with Crippen LogP contribution in [0.15, 0.2) is 87.8 Å². The first-order valence-corrected chi connectivity index (χ1v) is 11.9. The second-order valence-corrected chi connectivity index (χ2v) is 10.1. The number of aliphatic imine (C=N–C) groups is 1. The van der Waals surface area contributed by atoms with Crippen LogP contribution in [0.4, 0.5) is 11.4 Å². The molecule has 6 nitrogen and oxygen atoms in total. The predicted molar refractivity (Wildman–Crippen MR) is 131 cm³/mol. The summed E-state index contributed by atoms with van der Waals surface area (Å²) in [5.74, 6) is 0. The van der Waals surface area contributed by atoms with Crippen molar-refractivity contribution in [3.63, 3.8) is 0 Å². The maximum Gasteiger partial charge on any atom is 0.242 e. The average molecular weight is 467 g/mol. The number of benzene rings is 3. The second-order valence-electron chi connectivity index (χ2n) is 7.54. The molecule has 0 N–H and O–H groups in total. The Morgan fingerprint density at radius 3 is 2.44 bits per heavy atom. The van der Waals surface area contributed by atoms with Crippen molar-refractivity contribution >= 4 is 44.9 Å². The van der Waals surface area contributed by atoms with E-state index < -0.39 is 10.0 Å². The van der Waals surface area contributed by atoms with Crippen LogP contribution in [0.5, 0.6) is 0 Å². The van der Waals surface area contributed by atoms with Gasteiger partial charge in [0.25, 0.3) is 0 Å². The summed E-state index contributed by atoms with van der Waals surface area (Å²) < 4.78 is 25.9. The van der Waals surface area contributed by atoms with Gasteiger partial charge in [0, 0.05) is 33.3 Å². The summed E-state index contributed by atoms with van der Waals surface area (Å²) >= 11 is 6.22. The van der Waals surface area contributed by atoms with Crippen LogP contribution >= 0.6 is 11.6 Å². The number of hydrazone groups is 1. The summed E-state index contributed by atoms with van der Waals surface area (Å²) in [7, 11) is -0.580. The Morgan fingerprint density at radius 2 is 1.75 bits per heavy atom. The van der Waals surface area contributed by atoms with Gasteiger partial charge in [0.2, 0.25) is 10.0 Å². The van der Waals surface area contributed by atoms with E-state index in [0.29, 0.717) is 10.7 Å². The van der Waals surface area contributed by atoms with E-state index in [2.05, 4.69) is 17.1 Å². The van der Waals surface area contributed by atoms with Gasteiger partial charge in [0.15, 0.2) is 0 Å². The minimum Gasteiger partial charge on any atom is -0.265 e. The third kappa shape index (κ3) is 4.75. The van der Waals surface area contributed by atoms with Gasteiger partial charge in [-0.25, -0.2) is 12.7 Å². The van der Waals surface area contributed by atoms with Crippen molar-refractivity contribution in [3.05, 3.63) is 88.9 Å². The second kappa shape index (κ2) is 9.24. The van der Waals surface area contributed by atoms with Crippen LogP contribution in [0, 0.1) is 0 Å². The summed E-state index contributed by atoms with van der Waals surface area (Å²) in [5, 5.41) is 7.13. The minimum atomic E-state index is -3.56. The average Bonchev–Trinajstić information content (AvgIpc) is 3.29. The van der Waals surface area contributed by atoms with E-state index in [1.165, 1.54) is 26.2 Å².